The maximum atomic E-state index is 5.17. The van der Waals surface area contributed by atoms with Gasteiger partial charge in [-0.25, -0.2) is 15.0 Å². The van der Waals surface area contributed by atoms with Crippen LogP contribution in [0.2, 0.25) is 0 Å². The van der Waals surface area contributed by atoms with Crippen molar-refractivity contribution in [1.29, 1.82) is 0 Å². The molecule has 1 atom stereocenters. The van der Waals surface area contributed by atoms with Gasteiger partial charge in [-0.05, 0) is 117 Å². The normalized spacial score (nSPS) is 14.5. The largest absolute Gasteiger partial charge is 0.208 e. The molecule has 1 unspecified atom stereocenters. The molecular weight excluding hydrogens is 667 g/mol. The molecule has 0 fully saturated rings. The summed E-state index contributed by atoms with van der Waals surface area (Å²) in [5.74, 6) is 2.26. The van der Waals surface area contributed by atoms with Gasteiger partial charge >= 0.3 is 0 Å². The summed E-state index contributed by atoms with van der Waals surface area (Å²) in [7, 11) is 0. The Labute approximate surface area is 322 Å². The molecule has 0 amide bonds. The van der Waals surface area contributed by atoms with Gasteiger partial charge in [0.05, 0.1) is 0 Å². The number of aromatic nitrogens is 3. The van der Waals surface area contributed by atoms with Crippen molar-refractivity contribution in [3.05, 3.63) is 211 Å². The van der Waals surface area contributed by atoms with Gasteiger partial charge in [0.25, 0.3) is 0 Å². The Hall–Kier alpha value is -7.15. The molecule has 0 bridgehead atoms. The van der Waals surface area contributed by atoms with E-state index in [-0.39, 0.29) is 0 Å². The molecule has 6 aromatic carbocycles. The second kappa shape index (κ2) is 15.1. The highest BCUT2D eigenvalue weighted by atomic mass is 15.0. The molecular formula is C52H37N3. The van der Waals surface area contributed by atoms with Crippen molar-refractivity contribution >= 4 is 11.1 Å². The summed E-state index contributed by atoms with van der Waals surface area (Å²) < 4.78 is 0. The highest BCUT2D eigenvalue weighted by molar-refractivity contribution is 5.96. The smallest absolute Gasteiger partial charge is 0.164 e. The molecule has 0 saturated carbocycles. The van der Waals surface area contributed by atoms with E-state index in [9.17, 15) is 0 Å². The van der Waals surface area contributed by atoms with Crippen LogP contribution in [0.5, 0.6) is 0 Å². The topological polar surface area (TPSA) is 38.7 Å². The lowest BCUT2D eigenvalue weighted by Gasteiger charge is -2.22. The molecule has 1 aromatic heterocycles. The fraction of sp³-hybridized carbons (Fsp3) is 0.0577. The molecule has 7 aromatic rings. The van der Waals surface area contributed by atoms with Gasteiger partial charge in [-0.3, -0.25) is 0 Å². The zero-order valence-electron chi connectivity index (χ0n) is 30.5. The van der Waals surface area contributed by atoms with Crippen LogP contribution >= 0.6 is 0 Å². The van der Waals surface area contributed by atoms with Crippen molar-refractivity contribution in [3.63, 3.8) is 0 Å². The molecule has 2 aliphatic carbocycles. The third kappa shape index (κ3) is 7.02. The van der Waals surface area contributed by atoms with Crippen molar-refractivity contribution in [2.24, 2.45) is 5.92 Å². The summed E-state index contributed by atoms with van der Waals surface area (Å²) >= 11 is 0. The molecule has 9 rings (SSSR count). The van der Waals surface area contributed by atoms with Crippen LogP contribution in [0.15, 0.2) is 200 Å². The molecule has 260 valence electrons. The van der Waals surface area contributed by atoms with E-state index in [2.05, 4.69) is 158 Å². The lowest BCUT2D eigenvalue weighted by molar-refractivity contribution is 0.758. The quantitative estimate of drug-likeness (QED) is 0.148. The van der Waals surface area contributed by atoms with E-state index < -0.39 is 0 Å². The minimum absolute atomic E-state index is 0.352. The Bertz CT molecular complexity index is 2670. The number of hydrogen-bond donors (Lipinski definition) is 0. The van der Waals surface area contributed by atoms with Crippen LogP contribution in [0.3, 0.4) is 0 Å². The average Bonchev–Trinajstić information content (AvgIpc) is 3.27. The van der Waals surface area contributed by atoms with E-state index in [0.717, 1.165) is 67.6 Å². The number of rotatable bonds is 8. The molecule has 3 heteroatoms. The minimum Gasteiger partial charge on any atom is -0.208 e. The molecule has 55 heavy (non-hydrogen) atoms. The van der Waals surface area contributed by atoms with Gasteiger partial charge in [0.1, 0.15) is 0 Å². The van der Waals surface area contributed by atoms with Gasteiger partial charge in [-0.2, -0.15) is 0 Å². The molecule has 0 spiro atoms. The first kappa shape index (κ1) is 33.7. The summed E-state index contributed by atoms with van der Waals surface area (Å²) in [5.41, 5.74) is 20.6. The predicted octanol–water partition coefficient (Wildman–Crippen LogP) is 13.1. The van der Waals surface area contributed by atoms with Crippen molar-refractivity contribution in [2.45, 2.75) is 13.3 Å². The highest BCUT2D eigenvalue weighted by Gasteiger charge is 2.21. The third-order valence-electron chi connectivity index (χ3n) is 10.3. The molecule has 0 aliphatic heterocycles. The van der Waals surface area contributed by atoms with Gasteiger partial charge in [0, 0.05) is 16.7 Å². The van der Waals surface area contributed by atoms with Gasteiger partial charge in [-0.1, -0.05) is 158 Å². The van der Waals surface area contributed by atoms with Gasteiger partial charge < -0.3 is 0 Å². The van der Waals surface area contributed by atoms with Crippen LogP contribution in [-0.2, 0) is 0 Å². The first-order valence-electron chi connectivity index (χ1n) is 18.7. The van der Waals surface area contributed by atoms with Gasteiger partial charge in [0.2, 0.25) is 0 Å². The van der Waals surface area contributed by atoms with Crippen LogP contribution in [0.1, 0.15) is 24.5 Å². The fourth-order valence-electron chi connectivity index (χ4n) is 7.45. The standard InChI is InChI=1S/C52H37N3/c1-36-19-17-18-30-45(36)42-31-43(33-44(32-42)52-54-50(40-26-13-5-14-27-40)53-51(55-52)41-28-15-6-16-29-41)49-35-47(38-22-9-3-10-23-38)46(37-20-7-2-8-21-37)34-48(49)39-24-11-4-12-25-39/h2-3,5-11,13-18,20-36H,19H2,1H3. The Morgan fingerprint density at radius 2 is 0.927 bits per heavy atom. The molecule has 0 radical (unpaired) electrons. The fourth-order valence-corrected chi connectivity index (χ4v) is 7.45. The molecule has 0 N–H and O–H groups in total. The summed E-state index contributed by atoms with van der Waals surface area (Å²) in [6.07, 6.45) is 13.8. The van der Waals surface area contributed by atoms with E-state index >= 15 is 0 Å². The lowest BCUT2D eigenvalue weighted by atomic mass is 9.82. The van der Waals surface area contributed by atoms with Crippen LogP contribution < -0.4 is 0 Å². The van der Waals surface area contributed by atoms with E-state index in [4.69, 9.17) is 15.0 Å². The summed E-state index contributed by atoms with van der Waals surface area (Å²) in [4.78, 5) is 15.3. The Morgan fingerprint density at radius 1 is 0.455 bits per heavy atom. The SMILES string of the molecule is CC1CC=CC=C1c1cc(-c2nc(-c3ccccc3)nc(-c3ccccc3)n2)cc(-c2cc(-c3ccccc3)c(-c3ccccc3)cc2C2=CC=C=C=C2)c1. The van der Waals surface area contributed by atoms with Crippen molar-refractivity contribution in [3.8, 4) is 67.5 Å². The van der Waals surface area contributed by atoms with E-state index in [1.165, 1.54) is 11.1 Å². The second-order valence-corrected chi connectivity index (χ2v) is 13.9. The van der Waals surface area contributed by atoms with Crippen molar-refractivity contribution in [1.82, 2.24) is 15.0 Å². The van der Waals surface area contributed by atoms with Crippen LogP contribution in [0.25, 0.3) is 78.7 Å². The lowest BCUT2D eigenvalue weighted by Crippen LogP contribution is -2.04. The Balaban J connectivity index is 1.33. The van der Waals surface area contributed by atoms with Crippen molar-refractivity contribution < 1.29 is 0 Å². The Kier molecular flexibility index (Phi) is 9.22. The number of allylic oxidation sites excluding steroid dienone is 8. The van der Waals surface area contributed by atoms with E-state index in [1.54, 1.807) is 0 Å². The molecule has 0 saturated heterocycles. The predicted molar refractivity (Wildman–Crippen MR) is 227 cm³/mol. The number of benzene rings is 6. The molecule has 2 aliphatic rings. The summed E-state index contributed by atoms with van der Waals surface area (Å²) in [6.45, 7) is 2.30. The van der Waals surface area contributed by atoms with Crippen molar-refractivity contribution in [2.75, 3.05) is 0 Å². The zero-order valence-corrected chi connectivity index (χ0v) is 30.5. The maximum Gasteiger partial charge on any atom is 0.164 e. The van der Waals surface area contributed by atoms with Crippen LogP contribution in [0.4, 0.5) is 0 Å². The van der Waals surface area contributed by atoms with E-state index in [0.29, 0.717) is 23.4 Å². The summed E-state index contributed by atoms with van der Waals surface area (Å²) in [5, 5.41) is 0. The summed E-state index contributed by atoms with van der Waals surface area (Å²) in [6, 6.07) is 53.2. The Morgan fingerprint density at radius 3 is 1.45 bits per heavy atom. The van der Waals surface area contributed by atoms with Gasteiger partial charge in [-0.15, -0.1) is 0 Å². The highest BCUT2D eigenvalue weighted by Crippen LogP contribution is 2.43. The molecule has 1 heterocycles. The van der Waals surface area contributed by atoms with Crippen LogP contribution in [0, 0.1) is 5.92 Å². The number of nitrogens with zero attached hydrogens (tertiary/aromatic N) is 3. The third-order valence-corrected chi connectivity index (χ3v) is 10.3. The monoisotopic (exact) mass is 703 g/mol. The average molecular weight is 704 g/mol. The first-order valence-corrected chi connectivity index (χ1v) is 18.7. The van der Waals surface area contributed by atoms with E-state index in [1.807, 2.05) is 48.6 Å². The zero-order chi connectivity index (χ0) is 37.0. The van der Waals surface area contributed by atoms with Gasteiger partial charge in [0.15, 0.2) is 17.5 Å². The number of hydrogen-bond acceptors (Lipinski definition) is 3. The second-order valence-electron chi connectivity index (χ2n) is 13.9. The minimum atomic E-state index is 0.352. The first-order chi connectivity index (χ1) is 27.2. The maximum absolute atomic E-state index is 5.17. The molecule has 3 nitrogen and oxygen atoms in total. The van der Waals surface area contributed by atoms with Crippen LogP contribution in [-0.4, -0.2) is 15.0 Å².